The standard InChI is InChI=1S/C16H20N4S/c1-3-4-5-13-6-8-14(9-7-13)19-16(21)20-15-17-11-10-12(2)18-15/h6-11H,3-5H2,1-2H3,(H2,17,18,19,20,21). The van der Waals surface area contributed by atoms with Crippen LogP contribution in [0.5, 0.6) is 0 Å². The average molecular weight is 300 g/mol. The summed E-state index contributed by atoms with van der Waals surface area (Å²) in [4.78, 5) is 8.37. The van der Waals surface area contributed by atoms with Gasteiger partial charge < -0.3 is 10.6 Å². The Morgan fingerprint density at radius 3 is 2.57 bits per heavy atom. The van der Waals surface area contributed by atoms with Crippen LogP contribution in [0.25, 0.3) is 0 Å². The molecule has 0 spiro atoms. The number of nitrogens with zero attached hydrogens (tertiary/aromatic N) is 2. The molecule has 0 atom stereocenters. The van der Waals surface area contributed by atoms with E-state index in [0.717, 1.165) is 17.8 Å². The summed E-state index contributed by atoms with van der Waals surface area (Å²) in [5, 5.41) is 6.60. The van der Waals surface area contributed by atoms with Gasteiger partial charge in [-0.2, -0.15) is 0 Å². The zero-order valence-electron chi connectivity index (χ0n) is 12.4. The van der Waals surface area contributed by atoms with Gasteiger partial charge in [0.15, 0.2) is 5.11 Å². The molecular formula is C16H20N4S. The van der Waals surface area contributed by atoms with Crippen LogP contribution in [0.15, 0.2) is 36.5 Å². The number of nitrogens with one attached hydrogen (secondary N) is 2. The van der Waals surface area contributed by atoms with Crippen molar-refractivity contribution in [2.45, 2.75) is 33.1 Å². The molecule has 1 heterocycles. The first-order chi connectivity index (χ1) is 10.2. The third kappa shape index (κ3) is 5.11. The van der Waals surface area contributed by atoms with Gasteiger partial charge >= 0.3 is 0 Å². The third-order valence-electron chi connectivity index (χ3n) is 3.05. The van der Waals surface area contributed by atoms with E-state index in [1.54, 1.807) is 6.20 Å². The Morgan fingerprint density at radius 2 is 1.90 bits per heavy atom. The summed E-state index contributed by atoms with van der Waals surface area (Å²) in [6, 6.07) is 10.2. The van der Waals surface area contributed by atoms with Gasteiger partial charge in [0.1, 0.15) is 0 Å². The number of aromatic nitrogens is 2. The number of benzene rings is 1. The maximum Gasteiger partial charge on any atom is 0.229 e. The Bertz CT molecular complexity index is 595. The number of hydrogen-bond donors (Lipinski definition) is 2. The van der Waals surface area contributed by atoms with E-state index in [9.17, 15) is 0 Å². The minimum absolute atomic E-state index is 0.488. The van der Waals surface area contributed by atoms with E-state index in [0.29, 0.717) is 11.1 Å². The smallest absolute Gasteiger partial charge is 0.229 e. The molecule has 2 rings (SSSR count). The van der Waals surface area contributed by atoms with Gasteiger partial charge in [-0.25, -0.2) is 9.97 Å². The quantitative estimate of drug-likeness (QED) is 0.819. The van der Waals surface area contributed by atoms with Crippen molar-refractivity contribution in [3.05, 3.63) is 47.8 Å². The molecule has 0 unspecified atom stereocenters. The minimum atomic E-state index is 0.488. The van der Waals surface area contributed by atoms with E-state index in [2.05, 4.69) is 39.7 Å². The van der Waals surface area contributed by atoms with Gasteiger partial charge in [0, 0.05) is 17.6 Å². The molecule has 110 valence electrons. The normalized spacial score (nSPS) is 10.2. The van der Waals surface area contributed by atoms with Crippen LogP contribution in [-0.4, -0.2) is 15.1 Å². The maximum atomic E-state index is 5.26. The summed E-state index contributed by atoms with van der Waals surface area (Å²) in [7, 11) is 0. The SMILES string of the molecule is CCCCc1ccc(NC(=S)Nc2nccc(C)n2)cc1. The van der Waals surface area contributed by atoms with Crippen molar-refractivity contribution in [3.8, 4) is 0 Å². The van der Waals surface area contributed by atoms with Crippen LogP contribution < -0.4 is 10.6 Å². The summed E-state index contributed by atoms with van der Waals surface area (Å²) in [6.45, 7) is 4.12. The number of anilines is 2. The first-order valence-corrected chi connectivity index (χ1v) is 7.55. The number of aryl methyl sites for hydroxylation is 2. The zero-order chi connectivity index (χ0) is 15.1. The van der Waals surface area contributed by atoms with Gasteiger partial charge in [-0.15, -0.1) is 0 Å². The molecule has 0 aliphatic rings. The predicted molar refractivity (Wildman–Crippen MR) is 91.7 cm³/mol. The molecule has 0 saturated heterocycles. The summed E-state index contributed by atoms with van der Waals surface area (Å²) in [6.07, 6.45) is 5.26. The van der Waals surface area contributed by atoms with Crippen LogP contribution in [0.1, 0.15) is 31.0 Å². The molecule has 0 saturated carbocycles. The summed E-state index contributed by atoms with van der Waals surface area (Å²) in [5.41, 5.74) is 3.21. The Balaban J connectivity index is 1.90. The maximum absolute atomic E-state index is 5.26. The lowest BCUT2D eigenvalue weighted by Crippen LogP contribution is -2.20. The molecule has 1 aromatic carbocycles. The van der Waals surface area contributed by atoms with E-state index < -0.39 is 0 Å². The molecule has 1 aromatic heterocycles. The van der Waals surface area contributed by atoms with Gasteiger partial charge in [-0.1, -0.05) is 25.5 Å². The minimum Gasteiger partial charge on any atom is -0.332 e. The Kier molecular flexibility index (Phi) is 5.63. The first-order valence-electron chi connectivity index (χ1n) is 7.14. The van der Waals surface area contributed by atoms with Crippen molar-refractivity contribution in [1.82, 2.24) is 9.97 Å². The molecule has 0 bridgehead atoms. The second-order valence-electron chi connectivity index (χ2n) is 4.90. The van der Waals surface area contributed by atoms with Gasteiger partial charge in [0.2, 0.25) is 5.95 Å². The molecule has 4 nitrogen and oxygen atoms in total. The Hall–Kier alpha value is -2.01. The Morgan fingerprint density at radius 1 is 1.14 bits per heavy atom. The van der Waals surface area contributed by atoms with Crippen LogP contribution in [0, 0.1) is 6.92 Å². The lowest BCUT2D eigenvalue weighted by Gasteiger charge is -2.10. The molecule has 5 heteroatoms. The lowest BCUT2D eigenvalue weighted by atomic mass is 10.1. The highest BCUT2D eigenvalue weighted by Crippen LogP contribution is 2.12. The van der Waals surface area contributed by atoms with Crippen molar-refractivity contribution < 1.29 is 0 Å². The van der Waals surface area contributed by atoms with Crippen molar-refractivity contribution in [1.29, 1.82) is 0 Å². The van der Waals surface area contributed by atoms with E-state index in [1.165, 1.54) is 18.4 Å². The van der Waals surface area contributed by atoms with Crippen molar-refractivity contribution in [3.63, 3.8) is 0 Å². The van der Waals surface area contributed by atoms with Crippen molar-refractivity contribution in [2.75, 3.05) is 10.6 Å². The molecule has 0 amide bonds. The van der Waals surface area contributed by atoms with E-state index >= 15 is 0 Å². The average Bonchev–Trinajstić information content (AvgIpc) is 2.46. The molecule has 2 aromatic rings. The number of rotatable bonds is 5. The highest BCUT2D eigenvalue weighted by Gasteiger charge is 2.01. The highest BCUT2D eigenvalue weighted by atomic mass is 32.1. The van der Waals surface area contributed by atoms with Gasteiger partial charge in [0.05, 0.1) is 0 Å². The number of unbranched alkanes of at least 4 members (excludes halogenated alkanes) is 1. The predicted octanol–water partition coefficient (Wildman–Crippen LogP) is 3.94. The van der Waals surface area contributed by atoms with Crippen LogP contribution in [0.2, 0.25) is 0 Å². The number of thiocarbonyl (C=S) groups is 1. The second-order valence-corrected chi connectivity index (χ2v) is 5.31. The van der Waals surface area contributed by atoms with Crippen molar-refractivity contribution >= 4 is 29.0 Å². The fourth-order valence-electron chi connectivity index (χ4n) is 1.91. The molecule has 0 radical (unpaired) electrons. The summed E-state index contributed by atoms with van der Waals surface area (Å²) in [5.74, 6) is 0.507. The topological polar surface area (TPSA) is 49.8 Å². The highest BCUT2D eigenvalue weighted by molar-refractivity contribution is 7.80. The van der Waals surface area contributed by atoms with Crippen LogP contribution >= 0.6 is 12.2 Å². The number of hydrogen-bond acceptors (Lipinski definition) is 3. The fraction of sp³-hybridized carbons (Fsp3) is 0.312. The van der Waals surface area contributed by atoms with Crippen LogP contribution in [-0.2, 0) is 6.42 Å². The zero-order valence-corrected chi connectivity index (χ0v) is 13.2. The van der Waals surface area contributed by atoms with E-state index in [-0.39, 0.29) is 0 Å². The summed E-state index contributed by atoms with van der Waals surface area (Å²) >= 11 is 5.26. The molecule has 21 heavy (non-hydrogen) atoms. The third-order valence-corrected chi connectivity index (χ3v) is 3.26. The lowest BCUT2D eigenvalue weighted by molar-refractivity contribution is 0.795. The van der Waals surface area contributed by atoms with Gasteiger partial charge in [-0.3, -0.25) is 0 Å². The van der Waals surface area contributed by atoms with Crippen LogP contribution in [0.4, 0.5) is 11.6 Å². The van der Waals surface area contributed by atoms with E-state index in [1.807, 2.05) is 25.1 Å². The molecular weight excluding hydrogens is 280 g/mol. The van der Waals surface area contributed by atoms with Gasteiger partial charge in [0.25, 0.3) is 0 Å². The Labute approximate surface area is 131 Å². The van der Waals surface area contributed by atoms with Crippen LogP contribution in [0.3, 0.4) is 0 Å². The summed E-state index contributed by atoms with van der Waals surface area (Å²) < 4.78 is 0. The second kappa shape index (κ2) is 7.69. The fourth-order valence-corrected chi connectivity index (χ4v) is 2.12. The van der Waals surface area contributed by atoms with Crippen molar-refractivity contribution in [2.24, 2.45) is 0 Å². The van der Waals surface area contributed by atoms with E-state index in [4.69, 9.17) is 12.2 Å². The monoisotopic (exact) mass is 300 g/mol. The largest absolute Gasteiger partial charge is 0.332 e. The van der Waals surface area contributed by atoms with Gasteiger partial charge in [-0.05, 0) is 55.7 Å². The molecule has 0 fully saturated rings. The molecule has 0 aliphatic carbocycles. The molecule has 0 aliphatic heterocycles. The molecule has 2 N–H and O–H groups in total. The first kappa shape index (κ1) is 15.4.